The predicted octanol–water partition coefficient (Wildman–Crippen LogP) is 2.76. The van der Waals surface area contributed by atoms with Crippen LogP contribution in [0.15, 0.2) is 48.5 Å². The molecule has 0 saturated heterocycles. The number of benzene rings is 2. The van der Waals surface area contributed by atoms with Gasteiger partial charge in [0.25, 0.3) is 5.91 Å². The monoisotopic (exact) mass is 352 g/mol. The molecule has 0 aliphatic rings. The van der Waals surface area contributed by atoms with E-state index in [0.717, 1.165) is 5.56 Å². The Morgan fingerprint density at radius 1 is 0.913 bits per heavy atom. The van der Waals surface area contributed by atoms with Gasteiger partial charge in [-0.3, -0.25) is 20.4 Å². The molecule has 0 atom stereocenters. The molecule has 0 spiro atoms. The number of ether oxygens (including phenoxy) is 1. The zero-order valence-corrected chi connectivity index (χ0v) is 13.5. The molecule has 2 aromatic carbocycles. The van der Waals surface area contributed by atoms with Gasteiger partial charge in [0.15, 0.2) is 6.61 Å². The molecule has 0 bridgehead atoms. The summed E-state index contributed by atoms with van der Waals surface area (Å²) < 4.78 is 5.25. The minimum Gasteiger partial charge on any atom is -0.482 e. The summed E-state index contributed by atoms with van der Waals surface area (Å²) in [5, 5.41) is 1.01. The summed E-state index contributed by atoms with van der Waals surface area (Å²) in [6, 6.07) is 13.7. The summed E-state index contributed by atoms with van der Waals surface area (Å²) in [5.41, 5.74) is 5.37. The summed E-state index contributed by atoms with van der Waals surface area (Å²) in [7, 11) is 0. The van der Waals surface area contributed by atoms with Crippen LogP contribution < -0.4 is 15.6 Å². The van der Waals surface area contributed by atoms with Crippen molar-refractivity contribution in [2.24, 2.45) is 0 Å². The first-order chi connectivity index (χ1) is 11.0. The van der Waals surface area contributed by atoms with Crippen LogP contribution in [0.4, 0.5) is 0 Å². The first-order valence-electron chi connectivity index (χ1n) is 6.74. The van der Waals surface area contributed by atoms with E-state index in [4.69, 9.17) is 27.9 Å². The largest absolute Gasteiger partial charge is 0.482 e. The molecule has 2 rings (SSSR count). The molecule has 5 nitrogen and oxygen atoms in total. The number of hydrogen-bond acceptors (Lipinski definition) is 3. The van der Waals surface area contributed by atoms with Crippen molar-refractivity contribution in [1.82, 2.24) is 10.9 Å². The smallest absolute Gasteiger partial charge is 0.276 e. The molecule has 2 amide bonds. The molecule has 0 unspecified atom stereocenters. The summed E-state index contributed by atoms with van der Waals surface area (Å²) in [5.74, 6) is -0.440. The molecule has 0 aromatic heterocycles. The Bertz CT molecular complexity index is 690. The van der Waals surface area contributed by atoms with E-state index in [0.29, 0.717) is 15.8 Å². The lowest BCUT2D eigenvalue weighted by Gasteiger charge is -2.09. The summed E-state index contributed by atoms with van der Waals surface area (Å²) in [4.78, 5) is 23.3. The van der Waals surface area contributed by atoms with Gasteiger partial charge < -0.3 is 4.74 Å². The van der Waals surface area contributed by atoms with Crippen LogP contribution in [0.1, 0.15) is 5.56 Å². The molecule has 0 saturated carbocycles. The van der Waals surface area contributed by atoms with Crippen LogP contribution in [-0.2, 0) is 16.0 Å². The first-order valence-corrected chi connectivity index (χ1v) is 7.49. The third-order valence-corrected chi connectivity index (χ3v) is 3.38. The predicted molar refractivity (Wildman–Crippen MR) is 88.4 cm³/mol. The van der Waals surface area contributed by atoms with Crippen LogP contribution in [0.25, 0.3) is 0 Å². The maximum absolute atomic E-state index is 11.7. The van der Waals surface area contributed by atoms with Gasteiger partial charge in [0, 0.05) is 5.02 Å². The Balaban J connectivity index is 1.72. The molecule has 120 valence electrons. The fourth-order valence-electron chi connectivity index (χ4n) is 1.71. The van der Waals surface area contributed by atoms with Gasteiger partial charge in [-0.2, -0.15) is 0 Å². The molecule has 2 aromatic rings. The standard InChI is InChI=1S/C16H14Cl2N2O3/c17-12-7-5-11(6-8-12)9-15(21)19-20-16(22)10-23-14-4-2-1-3-13(14)18/h1-8H,9-10H2,(H,19,21)(H,20,22). The molecule has 0 fully saturated rings. The van der Waals surface area contributed by atoms with Crippen molar-refractivity contribution < 1.29 is 14.3 Å². The lowest BCUT2D eigenvalue weighted by Crippen LogP contribution is -2.44. The van der Waals surface area contributed by atoms with Crippen LogP contribution in [0.3, 0.4) is 0 Å². The zero-order chi connectivity index (χ0) is 16.7. The second kappa shape index (κ2) is 8.41. The number of carbonyl (C=O) groups is 2. The van der Waals surface area contributed by atoms with Crippen LogP contribution in [-0.4, -0.2) is 18.4 Å². The highest BCUT2D eigenvalue weighted by atomic mass is 35.5. The minimum absolute atomic E-state index is 0.128. The van der Waals surface area contributed by atoms with Gasteiger partial charge in [-0.25, -0.2) is 0 Å². The third kappa shape index (κ3) is 5.81. The number of carbonyl (C=O) groups excluding carboxylic acids is 2. The zero-order valence-electron chi connectivity index (χ0n) is 12.0. The van der Waals surface area contributed by atoms with Crippen LogP contribution in [0, 0.1) is 0 Å². The van der Waals surface area contributed by atoms with Crippen LogP contribution >= 0.6 is 23.2 Å². The Morgan fingerprint density at radius 3 is 2.26 bits per heavy atom. The fourth-order valence-corrected chi connectivity index (χ4v) is 2.03. The van der Waals surface area contributed by atoms with Crippen molar-refractivity contribution in [2.75, 3.05) is 6.61 Å². The van der Waals surface area contributed by atoms with E-state index in [2.05, 4.69) is 10.9 Å². The molecule has 7 heteroatoms. The van der Waals surface area contributed by atoms with E-state index in [1.165, 1.54) is 0 Å². The molecule has 0 radical (unpaired) electrons. The quantitative estimate of drug-likeness (QED) is 0.813. The number of para-hydroxylation sites is 1. The normalized spacial score (nSPS) is 10.0. The maximum Gasteiger partial charge on any atom is 0.276 e. The maximum atomic E-state index is 11.7. The molecule has 0 aliphatic carbocycles. The van der Waals surface area contributed by atoms with E-state index >= 15 is 0 Å². The van der Waals surface area contributed by atoms with E-state index in [9.17, 15) is 9.59 Å². The van der Waals surface area contributed by atoms with Crippen molar-refractivity contribution in [3.63, 3.8) is 0 Å². The van der Waals surface area contributed by atoms with Gasteiger partial charge in [-0.15, -0.1) is 0 Å². The van der Waals surface area contributed by atoms with Crippen molar-refractivity contribution in [2.45, 2.75) is 6.42 Å². The number of rotatable bonds is 5. The molecule has 0 aliphatic heterocycles. The van der Waals surface area contributed by atoms with Gasteiger partial charge in [0.1, 0.15) is 5.75 Å². The third-order valence-electron chi connectivity index (χ3n) is 2.81. The van der Waals surface area contributed by atoms with E-state index in [1.54, 1.807) is 48.5 Å². The number of hydrazine groups is 1. The average Bonchev–Trinajstić information content (AvgIpc) is 2.54. The van der Waals surface area contributed by atoms with E-state index in [1.807, 2.05) is 0 Å². The first kappa shape index (κ1) is 17.1. The fraction of sp³-hybridized carbons (Fsp3) is 0.125. The topological polar surface area (TPSA) is 67.4 Å². The number of amides is 2. The number of nitrogens with one attached hydrogen (secondary N) is 2. The van der Waals surface area contributed by atoms with Gasteiger partial charge in [-0.1, -0.05) is 47.5 Å². The highest BCUT2D eigenvalue weighted by Gasteiger charge is 2.08. The molecule has 2 N–H and O–H groups in total. The van der Waals surface area contributed by atoms with Gasteiger partial charge in [-0.05, 0) is 29.8 Å². The van der Waals surface area contributed by atoms with Crippen molar-refractivity contribution >= 4 is 35.0 Å². The molecule has 23 heavy (non-hydrogen) atoms. The lowest BCUT2D eigenvalue weighted by atomic mass is 10.1. The SMILES string of the molecule is O=C(COc1ccccc1Cl)NNC(=O)Cc1ccc(Cl)cc1. The lowest BCUT2D eigenvalue weighted by molar-refractivity contribution is -0.129. The van der Waals surface area contributed by atoms with Crippen LogP contribution in [0.5, 0.6) is 5.75 Å². The highest BCUT2D eigenvalue weighted by molar-refractivity contribution is 6.32. The van der Waals surface area contributed by atoms with Crippen molar-refractivity contribution in [3.05, 3.63) is 64.1 Å². The van der Waals surface area contributed by atoms with Gasteiger partial charge in [0.2, 0.25) is 5.91 Å². The second-order valence-corrected chi connectivity index (χ2v) is 5.46. The number of hydrogen-bond donors (Lipinski definition) is 2. The second-order valence-electron chi connectivity index (χ2n) is 4.62. The van der Waals surface area contributed by atoms with Gasteiger partial charge >= 0.3 is 0 Å². The van der Waals surface area contributed by atoms with Gasteiger partial charge in [0.05, 0.1) is 11.4 Å². The number of halogens is 2. The van der Waals surface area contributed by atoms with Crippen LogP contribution in [0.2, 0.25) is 10.0 Å². The summed E-state index contributed by atoms with van der Waals surface area (Å²) >= 11 is 11.7. The Hall–Kier alpha value is -2.24. The molecular formula is C16H14Cl2N2O3. The Labute approximate surface area is 143 Å². The minimum atomic E-state index is -0.491. The molecule has 0 heterocycles. The highest BCUT2D eigenvalue weighted by Crippen LogP contribution is 2.22. The summed E-state index contributed by atoms with van der Waals surface area (Å²) in [6.45, 7) is -0.259. The molecular weight excluding hydrogens is 339 g/mol. The average molecular weight is 353 g/mol. The van der Waals surface area contributed by atoms with Crippen molar-refractivity contribution in [3.8, 4) is 5.75 Å². The van der Waals surface area contributed by atoms with E-state index in [-0.39, 0.29) is 18.9 Å². The van der Waals surface area contributed by atoms with Crippen molar-refractivity contribution in [1.29, 1.82) is 0 Å². The Morgan fingerprint density at radius 2 is 1.57 bits per heavy atom. The summed E-state index contributed by atoms with van der Waals surface area (Å²) in [6.07, 6.45) is 0.128. The Kier molecular flexibility index (Phi) is 6.26. The van der Waals surface area contributed by atoms with E-state index < -0.39 is 5.91 Å².